The van der Waals surface area contributed by atoms with Crippen LogP contribution in [0.5, 0.6) is 0 Å². The predicted octanol–water partition coefficient (Wildman–Crippen LogP) is 2.96. The van der Waals surface area contributed by atoms with Crippen molar-refractivity contribution in [1.29, 1.82) is 0 Å². The van der Waals surface area contributed by atoms with E-state index >= 15 is 0 Å². The van der Waals surface area contributed by atoms with Gasteiger partial charge in [-0.1, -0.05) is 34.1 Å². The molecule has 1 aromatic heterocycles. The zero-order valence-corrected chi connectivity index (χ0v) is 11.1. The Morgan fingerprint density at radius 1 is 1.06 bits per heavy atom. The van der Waals surface area contributed by atoms with Crippen molar-refractivity contribution in [2.24, 2.45) is 5.73 Å². The molecular weight excluding hydrogens is 276 g/mol. The highest BCUT2D eigenvalue weighted by Crippen LogP contribution is 2.17. The quantitative estimate of drug-likeness (QED) is 0.940. The highest BCUT2D eigenvalue weighted by molar-refractivity contribution is 9.10. The number of rotatable bonds is 4. The minimum atomic E-state index is 0.135. The molecule has 88 valence electrons. The predicted molar refractivity (Wildman–Crippen MR) is 73.8 cm³/mol. The third-order valence-electron chi connectivity index (χ3n) is 2.69. The van der Waals surface area contributed by atoms with E-state index in [1.165, 1.54) is 11.1 Å². The van der Waals surface area contributed by atoms with Crippen molar-refractivity contribution in [3.63, 3.8) is 0 Å². The van der Waals surface area contributed by atoms with Gasteiger partial charge in [-0.15, -0.1) is 0 Å². The summed E-state index contributed by atoms with van der Waals surface area (Å²) in [5, 5.41) is 0. The molecule has 0 bridgehead atoms. The fourth-order valence-corrected chi connectivity index (χ4v) is 2.29. The van der Waals surface area contributed by atoms with Gasteiger partial charge in [0.05, 0.1) is 0 Å². The third-order valence-corrected chi connectivity index (χ3v) is 3.46. The van der Waals surface area contributed by atoms with Gasteiger partial charge in [-0.2, -0.15) is 0 Å². The summed E-state index contributed by atoms with van der Waals surface area (Å²) in [5.74, 6) is 0. The average molecular weight is 291 g/mol. The maximum Gasteiger partial charge on any atom is 0.0270 e. The number of nitrogens with two attached hydrogens (primary N) is 1. The molecule has 1 unspecified atom stereocenters. The summed E-state index contributed by atoms with van der Waals surface area (Å²) in [6, 6.07) is 12.4. The van der Waals surface area contributed by atoms with E-state index < -0.39 is 0 Å². The molecule has 0 spiro atoms. The number of halogens is 1. The Morgan fingerprint density at radius 3 is 2.47 bits per heavy atom. The van der Waals surface area contributed by atoms with Crippen LogP contribution in [0.1, 0.15) is 11.1 Å². The van der Waals surface area contributed by atoms with Crippen LogP contribution in [0, 0.1) is 0 Å². The van der Waals surface area contributed by atoms with Gasteiger partial charge in [0.2, 0.25) is 0 Å². The first-order valence-electron chi connectivity index (χ1n) is 5.63. The van der Waals surface area contributed by atoms with Gasteiger partial charge in [0.25, 0.3) is 0 Å². The van der Waals surface area contributed by atoms with Crippen LogP contribution in [-0.2, 0) is 12.8 Å². The maximum atomic E-state index is 6.17. The van der Waals surface area contributed by atoms with Crippen LogP contribution in [0.3, 0.4) is 0 Å². The summed E-state index contributed by atoms with van der Waals surface area (Å²) < 4.78 is 1.13. The molecule has 2 rings (SSSR count). The number of hydrogen-bond donors (Lipinski definition) is 1. The summed E-state index contributed by atoms with van der Waals surface area (Å²) in [5.41, 5.74) is 8.66. The minimum absolute atomic E-state index is 0.135. The molecule has 2 nitrogen and oxygen atoms in total. The molecule has 0 saturated carbocycles. The van der Waals surface area contributed by atoms with E-state index in [4.69, 9.17) is 5.73 Å². The molecule has 0 saturated heterocycles. The monoisotopic (exact) mass is 290 g/mol. The van der Waals surface area contributed by atoms with Crippen LogP contribution in [0.2, 0.25) is 0 Å². The Balaban J connectivity index is 1.98. The van der Waals surface area contributed by atoms with Gasteiger partial charge in [-0.25, -0.2) is 0 Å². The summed E-state index contributed by atoms with van der Waals surface area (Å²) in [7, 11) is 0. The van der Waals surface area contributed by atoms with Crippen molar-refractivity contribution in [3.05, 3.63) is 64.4 Å². The molecule has 1 atom stereocenters. The van der Waals surface area contributed by atoms with Gasteiger partial charge >= 0.3 is 0 Å². The van der Waals surface area contributed by atoms with Crippen molar-refractivity contribution in [2.75, 3.05) is 0 Å². The third kappa shape index (κ3) is 3.65. The Labute approximate surface area is 110 Å². The molecule has 2 N–H and O–H groups in total. The van der Waals surface area contributed by atoms with Crippen LogP contribution >= 0.6 is 15.9 Å². The van der Waals surface area contributed by atoms with Crippen LogP contribution in [0.15, 0.2) is 53.3 Å². The Hall–Kier alpha value is -1.19. The average Bonchev–Trinajstić information content (AvgIpc) is 2.33. The lowest BCUT2D eigenvalue weighted by Crippen LogP contribution is -2.25. The van der Waals surface area contributed by atoms with E-state index in [9.17, 15) is 0 Å². The number of pyridine rings is 1. The zero-order chi connectivity index (χ0) is 12.1. The van der Waals surface area contributed by atoms with Crippen molar-refractivity contribution in [3.8, 4) is 0 Å². The van der Waals surface area contributed by atoms with E-state index in [2.05, 4.69) is 33.0 Å². The lowest BCUT2D eigenvalue weighted by Gasteiger charge is -2.12. The van der Waals surface area contributed by atoms with Gasteiger partial charge in [-0.3, -0.25) is 4.98 Å². The standard InChI is InChI=1S/C14H15BrN2/c15-14-4-2-1-3-12(14)10-13(16)9-11-5-7-17-8-6-11/h1-8,13H,9-10,16H2. The molecule has 0 fully saturated rings. The molecule has 1 aromatic carbocycles. The maximum absolute atomic E-state index is 6.17. The van der Waals surface area contributed by atoms with Crippen LogP contribution in [-0.4, -0.2) is 11.0 Å². The summed E-state index contributed by atoms with van der Waals surface area (Å²) in [6.07, 6.45) is 5.37. The Morgan fingerprint density at radius 2 is 1.76 bits per heavy atom. The summed E-state index contributed by atoms with van der Waals surface area (Å²) in [6.45, 7) is 0. The molecule has 3 heteroatoms. The second-order valence-corrected chi connectivity index (χ2v) is 4.97. The molecule has 17 heavy (non-hydrogen) atoms. The Kier molecular flexibility index (Phi) is 4.29. The highest BCUT2D eigenvalue weighted by Gasteiger charge is 2.07. The number of aromatic nitrogens is 1. The second-order valence-electron chi connectivity index (χ2n) is 4.12. The first-order valence-corrected chi connectivity index (χ1v) is 6.43. The van der Waals surface area contributed by atoms with E-state index in [-0.39, 0.29) is 6.04 Å². The SMILES string of the molecule is NC(Cc1ccncc1)Cc1ccccc1Br. The number of hydrogen-bond acceptors (Lipinski definition) is 2. The van der Waals surface area contributed by atoms with Crippen LogP contribution in [0.25, 0.3) is 0 Å². The lowest BCUT2D eigenvalue weighted by atomic mass is 10.0. The normalized spacial score (nSPS) is 12.4. The molecule has 0 aliphatic carbocycles. The van der Waals surface area contributed by atoms with Crippen molar-refractivity contribution in [2.45, 2.75) is 18.9 Å². The van der Waals surface area contributed by atoms with Crippen LogP contribution in [0.4, 0.5) is 0 Å². The Bertz CT molecular complexity index is 471. The van der Waals surface area contributed by atoms with Gasteiger partial charge in [0.15, 0.2) is 0 Å². The van der Waals surface area contributed by atoms with E-state index in [0.717, 1.165) is 17.3 Å². The highest BCUT2D eigenvalue weighted by atomic mass is 79.9. The lowest BCUT2D eigenvalue weighted by molar-refractivity contribution is 0.663. The molecule has 0 aliphatic rings. The van der Waals surface area contributed by atoms with Crippen molar-refractivity contribution in [1.82, 2.24) is 4.98 Å². The topological polar surface area (TPSA) is 38.9 Å². The van der Waals surface area contributed by atoms with E-state index in [1.807, 2.05) is 24.3 Å². The largest absolute Gasteiger partial charge is 0.327 e. The molecule has 0 aliphatic heterocycles. The van der Waals surface area contributed by atoms with Crippen LogP contribution < -0.4 is 5.73 Å². The fourth-order valence-electron chi connectivity index (χ4n) is 1.84. The second kappa shape index (κ2) is 5.94. The van der Waals surface area contributed by atoms with Gasteiger partial charge in [0, 0.05) is 22.9 Å². The molecular formula is C14H15BrN2. The molecule has 1 heterocycles. The fraction of sp³-hybridized carbons (Fsp3) is 0.214. The van der Waals surface area contributed by atoms with E-state index in [0.29, 0.717) is 0 Å². The first-order chi connectivity index (χ1) is 8.25. The number of benzene rings is 1. The van der Waals surface area contributed by atoms with E-state index in [1.54, 1.807) is 12.4 Å². The minimum Gasteiger partial charge on any atom is -0.327 e. The summed E-state index contributed by atoms with van der Waals surface area (Å²) >= 11 is 3.54. The zero-order valence-electron chi connectivity index (χ0n) is 9.51. The summed E-state index contributed by atoms with van der Waals surface area (Å²) in [4.78, 5) is 4.00. The van der Waals surface area contributed by atoms with Crippen molar-refractivity contribution < 1.29 is 0 Å². The first kappa shape index (κ1) is 12.3. The molecule has 0 radical (unpaired) electrons. The van der Waals surface area contributed by atoms with Gasteiger partial charge < -0.3 is 5.73 Å². The molecule has 2 aromatic rings. The smallest absolute Gasteiger partial charge is 0.0270 e. The molecule has 0 amide bonds. The number of nitrogens with zero attached hydrogens (tertiary/aromatic N) is 1. The van der Waals surface area contributed by atoms with Crippen molar-refractivity contribution >= 4 is 15.9 Å². The van der Waals surface area contributed by atoms with Gasteiger partial charge in [0.1, 0.15) is 0 Å². The van der Waals surface area contributed by atoms with Gasteiger partial charge in [-0.05, 0) is 42.2 Å².